The number of esters is 1. The quantitative estimate of drug-likeness (QED) is 0.184. The number of benzene rings is 4. The summed E-state index contributed by atoms with van der Waals surface area (Å²) >= 11 is 0. The molecule has 0 saturated carbocycles. The number of H-pyrrole nitrogens is 1. The monoisotopic (exact) mass is 560 g/mol. The fourth-order valence-electron chi connectivity index (χ4n) is 5.79. The van der Waals surface area contributed by atoms with Gasteiger partial charge in [0, 0.05) is 17.1 Å². The van der Waals surface area contributed by atoms with Crippen LogP contribution in [0.1, 0.15) is 33.0 Å². The minimum atomic E-state index is -0.890. The third-order valence-corrected chi connectivity index (χ3v) is 7.71. The summed E-state index contributed by atoms with van der Waals surface area (Å²) in [5.74, 6) is -0.433. The molecule has 3 aromatic heterocycles. The van der Waals surface area contributed by atoms with Crippen molar-refractivity contribution < 1.29 is 9.53 Å². The molecule has 0 unspecified atom stereocenters. The zero-order valence-electron chi connectivity index (χ0n) is 23.1. The first-order valence-corrected chi connectivity index (χ1v) is 13.7. The summed E-state index contributed by atoms with van der Waals surface area (Å²) in [6, 6.07) is 40.4. The first-order valence-electron chi connectivity index (χ1n) is 13.7. The molecule has 0 aliphatic heterocycles. The van der Waals surface area contributed by atoms with Gasteiger partial charge < -0.3 is 9.72 Å². The zero-order chi connectivity index (χ0) is 29.4. The van der Waals surface area contributed by atoms with E-state index >= 15 is 0 Å². The number of methoxy groups -OCH3 is 1. The smallest absolute Gasteiger partial charge is 0.374 e. The molecule has 7 rings (SSSR count). The maximum Gasteiger partial charge on any atom is 0.374 e. The predicted molar refractivity (Wildman–Crippen MR) is 163 cm³/mol. The molecule has 0 bridgehead atoms. The number of nitrogens with zero attached hydrogens (tertiary/aromatic N) is 5. The van der Waals surface area contributed by atoms with Gasteiger partial charge in [-0.3, -0.25) is 0 Å². The highest BCUT2D eigenvalue weighted by atomic mass is 16.5. The Morgan fingerprint density at radius 3 is 1.98 bits per heavy atom. The summed E-state index contributed by atoms with van der Waals surface area (Å²) in [6.07, 6.45) is 1.66. The maximum atomic E-state index is 12.4. The van der Waals surface area contributed by atoms with Gasteiger partial charge in [-0.25, -0.2) is 19.4 Å². The fraction of sp³-hybridized carbons (Fsp3) is 0.0571. The molecular weight excluding hydrogens is 536 g/mol. The number of hydrogen-bond acceptors (Lipinski definition) is 6. The van der Waals surface area contributed by atoms with Crippen LogP contribution >= 0.6 is 0 Å². The van der Waals surface area contributed by atoms with E-state index in [4.69, 9.17) is 9.84 Å². The van der Waals surface area contributed by atoms with Crippen molar-refractivity contribution in [1.82, 2.24) is 24.7 Å². The number of ether oxygens (including phenoxy) is 1. The highest BCUT2D eigenvalue weighted by molar-refractivity contribution is 6.02. The van der Waals surface area contributed by atoms with Crippen molar-refractivity contribution in [3.05, 3.63) is 150 Å². The van der Waals surface area contributed by atoms with E-state index < -0.39 is 11.5 Å². The number of aromatic amines is 1. The van der Waals surface area contributed by atoms with Crippen LogP contribution in [-0.4, -0.2) is 37.8 Å². The maximum absolute atomic E-state index is 12.4. The molecular formula is C35H24N6O2. The molecule has 3 heterocycles. The molecule has 206 valence electrons. The lowest BCUT2D eigenvalue weighted by Gasteiger charge is -2.37. The van der Waals surface area contributed by atoms with E-state index in [9.17, 15) is 10.1 Å². The van der Waals surface area contributed by atoms with Gasteiger partial charge >= 0.3 is 5.97 Å². The van der Waals surface area contributed by atoms with Crippen molar-refractivity contribution in [3.63, 3.8) is 0 Å². The van der Waals surface area contributed by atoms with Crippen LogP contribution in [0.2, 0.25) is 0 Å². The van der Waals surface area contributed by atoms with Crippen LogP contribution in [0.4, 0.5) is 0 Å². The van der Waals surface area contributed by atoms with Crippen molar-refractivity contribution in [3.8, 4) is 17.3 Å². The summed E-state index contributed by atoms with van der Waals surface area (Å²) in [5, 5.41) is 15.5. The molecule has 4 aromatic carbocycles. The summed E-state index contributed by atoms with van der Waals surface area (Å²) in [6.45, 7) is 0. The van der Waals surface area contributed by atoms with Gasteiger partial charge in [-0.1, -0.05) is 91.0 Å². The number of carbonyl (C=O) groups excluding carboxylic acids is 1. The number of carbonyl (C=O) groups is 1. The third kappa shape index (κ3) is 4.14. The van der Waals surface area contributed by atoms with Crippen LogP contribution in [0.3, 0.4) is 0 Å². The minimum Gasteiger partial charge on any atom is -0.463 e. The Morgan fingerprint density at radius 1 is 0.860 bits per heavy atom. The van der Waals surface area contributed by atoms with Crippen molar-refractivity contribution in [1.29, 1.82) is 5.26 Å². The Hall–Kier alpha value is -6.07. The van der Waals surface area contributed by atoms with Gasteiger partial charge in [-0.2, -0.15) is 10.4 Å². The lowest BCUT2D eigenvalue weighted by Crippen LogP contribution is -2.38. The summed E-state index contributed by atoms with van der Waals surface area (Å²) in [7, 11) is 1.33. The lowest BCUT2D eigenvalue weighted by atomic mass is 9.77. The van der Waals surface area contributed by atoms with Gasteiger partial charge in [0.05, 0.1) is 23.7 Å². The number of pyridine rings is 1. The Bertz CT molecular complexity index is 2030. The standard InChI is InChI=1S/C35H24N6O2/c1-43-34(42)33-38-29-19-28-31(20-30(29)39-33)41(40-32(28)23-17-18-27(21-36)37-22-23)35(24-11-5-2-6-12-24,25-13-7-3-8-14-25)26-15-9-4-10-16-26/h2-20,22H,1H3,(H,38,39). The van der Waals surface area contributed by atoms with Crippen LogP contribution < -0.4 is 0 Å². The number of imidazole rings is 1. The number of nitrogens with one attached hydrogen (secondary N) is 1. The number of rotatable bonds is 6. The fourth-order valence-corrected chi connectivity index (χ4v) is 5.79. The predicted octanol–water partition coefficient (Wildman–Crippen LogP) is 6.47. The summed E-state index contributed by atoms with van der Waals surface area (Å²) in [5.41, 5.74) is 5.96. The molecule has 8 nitrogen and oxygen atoms in total. The van der Waals surface area contributed by atoms with E-state index in [0.717, 1.165) is 33.2 Å². The highest BCUT2D eigenvalue weighted by Crippen LogP contribution is 2.44. The van der Waals surface area contributed by atoms with Gasteiger partial charge in [0.2, 0.25) is 5.82 Å². The molecule has 0 aliphatic rings. The topological polar surface area (TPSA) is 109 Å². The largest absolute Gasteiger partial charge is 0.463 e. The van der Waals surface area contributed by atoms with Gasteiger partial charge in [-0.15, -0.1) is 0 Å². The average Bonchev–Trinajstić information content (AvgIpc) is 3.67. The SMILES string of the molecule is COC(=O)c1nc2cc3c(-c4ccc(C#N)nc4)nn(C(c4ccccc4)(c4ccccc4)c4ccccc4)c3cc2[nH]1. The van der Waals surface area contributed by atoms with E-state index in [-0.39, 0.29) is 5.82 Å². The van der Waals surface area contributed by atoms with Crippen LogP contribution in [-0.2, 0) is 10.3 Å². The van der Waals surface area contributed by atoms with E-state index in [1.807, 2.05) is 77.5 Å². The second-order valence-corrected chi connectivity index (χ2v) is 10.1. The first-order chi connectivity index (χ1) is 21.1. The van der Waals surface area contributed by atoms with E-state index in [0.29, 0.717) is 22.4 Å². The average molecular weight is 561 g/mol. The molecule has 0 saturated heterocycles. The Labute approximate surface area is 246 Å². The van der Waals surface area contributed by atoms with Crippen molar-refractivity contribution in [2.75, 3.05) is 7.11 Å². The molecule has 0 atom stereocenters. The normalized spacial score (nSPS) is 11.4. The molecule has 0 spiro atoms. The van der Waals surface area contributed by atoms with E-state index in [1.165, 1.54) is 7.11 Å². The highest BCUT2D eigenvalue weighted by Gasteiger charge is 2.41. The van der Waals surface area contributed by atoms with Crippen LogP contribution in [0.25, 0.3) is 33.2 Å². The van der Waals surface area contributed by atoms with E-state index in [2.05, 4.69) is 57.4 Å². The van der Waals surface area contributed by atoms with Crippen molar-refractivity contribution in [2.45, 2.75) is 5.54 Å². The zero-order valence-corrected chi connectivity index (χ0v) is 23.1. The number of hydrogen-bond donors (Lipinski definition) is 1. The number of nitriles is 1. The van der Waals surface area contributed by atoms with Gasteiger partial charge in [-0.05, 0) is 41.0 Å². The molecule has 0 fully saturated rings. The van der Waals surface area contributed by atoms with Gasteiger partial charge in [0.1, 0.15) is 23.0 Å². The van der Waals surface area contributed by atoms with Crippen molar-refractivity contribution >= 4 is 27.9 Å². The minimum absolute atomic E-state index is 0.117. The third-order valence-electron chi connectivity index (χ3n) is 7.71. The summed E-state index contributed by atoms with van der Waals surface area (Å²) in [4.78, 5) is 24.4. The van der Waals surface area contributed by atoms with Gasteiger partial charge in [0.15, 0.2) is 0 Å². The number of aromatic nitrogens is 5. The molecule has 43 heavy (non-hydrogen) atoms. The molecule has 1 N–H and O–H groups in total. The first kappa shape index (κ1) is 25.9. The van der Waals surface area contributed by atoms with Crippen LogP contribution in [0.5, 0.6) is 0 Å². The second kappa shape index (κ2) is 10.4. The Kier molecular flexibility index (Phi) is 6.26. The number of fused-ring (bicyclic) bond motifs is 2. The molecule has 0 aliphatic carbocycles. The molecule has 7 aromatic rings. The lowest BCUT2D eigenvalue weighted by molar-refractivity contribution is 0.0588. The van der Waals surface area contributed by atoms with E-state index in [1.54, 1.807) is 12.3 Å². The molecule has 0 radical (unpaired) electrons. The van der Waals surface area contributed by atoms with Crippen LogP contribution in [0.15, 0.2) is 121 Å². The second-order valence-electron chi connectivity index (χ2n) is 10.1. The Balaban J connectivity index is 1.65. The summed E-state index contributed by atoms with van der Waals surface area (Å²) < 4.78 is 6.98. The molecule has 8 heteroatoms. The van der Waals surface area contributed by atoms with Gasteiger partial charge in [0.25, 0.3) is 0 Å². The Morgan fingerprint density at radius 2 is 1.47 bits per heavy atom. The van der Waals surface area contributed by atoms with Crippen molar-refractivity contribution in [2.24, 2.45) is 0 Å². The van der Waals surface area contributed by atoms with Crippen LogP contribution in [0, 0.1) is 11.3 Å². The molecule has 0 amide bonds.